The smallest absolute Gasteiger partial charge is 0.338 e. The largest absolute Gasteiger partial charge is 0.454 e. The number of ether oxygens (including phenoxy) is 1. The molecule has 166 valence electrons. The highest BCUT2D eigenvalue weighted by Crippen LogP contribution is 2.25. The van der Waals surface area contributed by atoms with E-state index in [1.807, 2.05) is 26.8 Å². The summed E-state index contributed by atoms with van der Waals surface area (Å²) in [6.07, 6.45) is 2.69. The van der Waals surface area contributed by atoms with Crippen molar-refractivity contribution in [2.24, 2.45) is 0 Å². The van der Waals surface area contributed by atoms with Gasteiger partial charge < -0.3 is 4.74 Å². The van der Waals surface area contributed by atoms with Crippen molar-refractivity contribution < 1.29 is 22.7 Å². The number of carbonyl (C=O) groups is 2. The second-order valence-corrected chi connectivity index (χ2v) is 10.1. The summed E-state index contributed by atoms with van der Waals surface area (Å²) in [6.45, 7) is 8.03. The molecule has 1 heterocycles. The fraction of sp³-hybridized carbons (Fsp3) is 0.417. The lowest BCUT2D eigenvalue weighted by molar-refractivity contribution is 0.0474. The number of carbonyl (C=O) groups excluding carboxylic acids is 2. The summed E-state index contributed by atoms with van der Waals surface area (Å²) in [5, 5.41) is 0. The zero-order valence-electron chi connectivity index (χ0n) is 18.5. The first-order valence-corrected chi connectivity index (χ1v) is 11.9. The lowest BCUT2D eigenvalue weighted by atomic mass is 9.98. The molecule has 0 saturated carbocycles. The van der Waals surface area contributed by atoms with Gasteiger partial charge in [-0.25, -0.2) is 13.2 Å². The molecule has 7 heteroatoms. The monoisotopic (exact) mass is 443 g/mol. The first kappa shape index (κ1) is 23.2. The summed E-state index contributed by atoms with van der Waals surface area (Å²) < 4.78 is 32.8. The quantitative estimate of drug-likeness (QED) is 0.495. The van der Waals surface area contributed by atoms with E-state index in [-0.39, 0.29) is 16.2 Å². The molecule has 1 fully saturated rings. The maximum absolute atomic E-state index is 13.1. The minimum atomic E-state index is -3.68. The van der Waals surface area contributed by atoms with E-state index >= 15 is 0 Å². The van der Waals surface area contributed by atoms with Crippen LogP contribution in [-0.2, 0) is 14.8 Å². The van der Waals surface area contributed by atoms with Gasteiger partial charge in [-0.15, -0.1) is 0 Å². The highest BCUT2D eigenvalue weighted by Gasteiger charge is 2.28. The molecule has 0 atom stereocenters. The Balaban J connectivity index is 1.76. The Bertz CT molecular complexity index is 1120. The molecule has 1 aliphatic heterocycles. The Labute approximate surface area is 184 Å². The molecular weight excluding hydrogens is 414 g/mol. The van der Waals surface area contributed by atoms with Gasteiger partial charge in [0.1, 0.15) is 0 Å². The molecule has 0 amide bonds. The van der Waals surface area contributed by atoms with Gasteiger partial charge >= 0.3 is 5.97 Å². The third-order valence-corrected chi connectivity index (χ3v) is 7.87. The van der Waals surface area contributed by atoms with Crippen LogP contribution in [0.2, 0.25) is 0 Å². The van der Waals surface area contributed by atoms with Crippen molar-refractivity contribution in [1.29, 1.82) is 0 Å². The van der Waals surface area contributed by atoms with Crippen LogP contribution in [0, 0.1) is 27.7 Å². The molecule has 31 heavy (non-hydrogen) atoms. The van der Waals surface area contributed by atoms with E-state index in [1.54, 1.807) is 19.1 Å². The number of hydrogen-bond acceptors (Lipinski definition) is 5. The van der Waals surface area contributed by atoms with Crippen LogP contribution in [0.5, 0.6) is 0 Å². The summed E-state index contributed by atoms with van der Waals surface area (Å²) >= 11 is 0. The van der Waals surface area contributed by atoms with Crippen LogP contribution < -0.4 is 0 Å². The van der Waals surface area contributed by atoms with Gasteiger partial charge in [0.05, 0.1) is 10.5 Å². The SMILES string of the molecule is Cc1cc(C)c(C(=O)COC(=O)c2ccc(C)c(S(=O)(=O)N3CCCCC3)c2)cc1C. The Morgan fingerprint density at radius 1 is 0.871 bits per heavy atom. The van der Waals surface area contributed by atoms with E-state index in [9.17, 15) is 18.0 Å². The van der Waals surface area contributed by atoms with Crippen LogP contribution in [0.3, 0.4) is 0 Å². The first-order valence-electron chi connectivity index (χ1n) is 10.5. The van der Waals surface area contributed by atoms with Crippen molar-refractivity contribution in [1.82, 2.24) is 4.31 Å². The zero-order chi connectivity index (χ0) is 22.8. The molecular formula is C24H29NO5S. The number of ketones is 1. The molecule has 6 nitrogen and oxygen atoms in total. The number of rotatable bonds is 6. The van der Waals surface area contributed by atoms with Gasteiger partial charge in [0, 0.05) is 18.7 Å². The van der Waals surface area contributed by atoms with Crippen LogP contribution in [-0.4, -0.2) is 44.2 Å². The third kappa shape index (κ3) is 5.05. The predicted octanol–water partition coefficient (Wildman–Crippen LogP) is 4.13. The summed E-state index contributed by atoms with van der Waals surface area (Å²) in [5.41, 5.74) is 4.12. The van der Waals surface area contributed by atoms with Crippen molar-refractivity contribution in [3.63, 3.8) is 0 Å². The fourth-order valence-corrected chi connectivity index (χ4v) is 5.57. The van der Waals surface area contributed by atoms with Crippen molar-refractivity contribution in [2.75, 3.05) is 19.7 Å². The second-order valence-electron chi connectivity index (χ2n) is 8.20. The van der Waals surface area contributed by atoms with Crippen LogP contribution in [0.4, 0.5) is 0 Å². The van der Waals surface area contributed by atoms with E-state index in [0.717, 1.165) is 36.0 Å². The maximum Gasteiger partial charge on any atom is 0.338 e. The lowest BCUT2D eigenvalue weighted by Crippen LogP contribution is -2.36. The minimum Gasteiger partial charge on any atom is -0.454 e. The molecule has 1 saturated heterocycles. The number of piperidine rings is 1. The third-order valence-electron chi connectivity index (χ3n) is 5.83. The molecule has 2 aromatic carbocycles. The molecule has 0 radical (unpaired) electrons. The number of benzene rings is 2. The number of Topliss-reactive ketones (excluding diaryl/α,β-unsaturated/α-hetero) is 1. The Morgan fingerprint density at radius 2 is 1.52 bits per heavy atom. The number of aryl methyl sites for hydroxylation is 4. The van der Waals surface area contributed by atoms with Gasteiger partial charge in [-0.05, 0) is 81.0 Å². The van der Waals surface area contributed by atoms with Crippen molar-refractivity contribution in [2.45, 2.75) is 51.9 Å². The Kier molecular flexibility index (Phi) is 6.96. The fourth-order valence-electron chi connectivity index (χ4n) is 3.80. The topological polar surface area (TPSA) is 80.8 Å². The molecule has 0 spiro atoms. The molecule has 0 aromatic heterocycles. The number of sulfonamides is 1. The van der Waals surface area contributed by atoms with Gasteiger partial charge in [0.15, 0.2) is 6.61 Å². The standard InChI is InChI=1S/C24H29NO5S/c1-16-8-9-20(14-23(16)31(28,29)25-10-6-5-7-11-25)24(27)30-15-22(26)21-13-18(3)17(2)12-19(21)4/h8-9,12-14H,5-7,10-11,15H2,1-4H3. The van der Waals surface area contributed by atoms with Crippen molar-refractivity contribution in [3.8, 4) is 0 Å². The van der Waals surface area contributed by atoms with Crippen LogP contribution in [0.25, 0.3) is 0 Å². The Hall–Kier alpha value is -2.51. The summed E-state index contributed by atoms with van der Waals surface area (Å²) in [7, 11) is -3.68. The number of hydrogen-bond donors (Lipinski definition) is 0. The molecule has 0 aliphatic carbocycles. The minimum absolute atomic E-state index is 0.111. The van der Waals surface area contributed by atoms with E-state index in [1.165, 1.54) is 16.4 Å². The van der Waals surface area contributed by atoms with E-state index in [0.29, 0.717) is 24.2 Å². The van der Waals surface area contributed by atoms with Gasteiger partial charge in [-0.3, -0.25) is 4.79 Å². The second kappa shape index (κ2) is 9.32. The summed E-state index contributed by atoms with van der Waals surface area (Å²) in [5.74, 6) is -1.01. The van der Waals surface area contributed by atoms with E-state index in [2.05, 4.69) is 0 Å². The van der Waals surface area contributed by atoms with Gasteiger partial charge in [0.25, 0.3) is 0 Å². The molecule has 1 aliphatic rings. The molecule has 0 N–H and O–H groups in total. The molecule has 0 bridgehead atoms. The van der Waals surface area contributed by atoms with E-state index in [4.69, 9.17) is 4.74 Å². The number of esters is 1. The average Bonchev–Trinajstić information content (AvgIpc) is 2.75. The average molecular weight is 444 g/mol. The van der Waals surface area contributed by atoms with Crippen molar-refractivity contribution >= 4 is 21.8 Å². The summed E-state index contributed by atoms with van der Waals surface area (Å²) in [4.78, 5) is 25.3. The van der Waals surface area contributed by atoms with Crippen molar-refractivity contribution in [3.05, 3.63) is 63.7 Å². The highest BCUT2D eigenvalue weighted by atomic mass is 32.2. The summed E-state index contributed by atoms with van der Waals surface area (Å²) in [6, 6.07) is 8.22. The van der Waals surface area contributed by atoms with E-state index < -0.39 is 22.6 Å². The Morgan fingerprint density at radius 3 is 2.19 bits per heavy atom. The predicted molar refractivity (Wildman–Crippen MR) is 119 cm³/mol. The normalized spacial score (nSPS) is 15.0. The number of nitrogens with zero attached hydrogens (tertiary/aromatic N) is 1. The highest BCUT2D eigenvalue weighted by molar-refractivity contribution is 7.89. The molecule has 2 aromatic rings. The van der Waals surface area contributed by atoms with Gasteiger partial charge in [-0.2, -0.15) is 4.31 Å². The molecule has 0 unspecified atom stereocenters. The first-order chi connectivity index (χ1) is 14.6. The molecule has 3 rings (SSSR count). The van der Waals surface area contributed by atoms with Gasteiger partial charge in [-0.1, -0.05) is 18.6 Å². The lowest BCUT2D eigenvalue weighted by Gasteiger charge is -2.26. The van der Waals surface area contributed by atoms with Gasteiger partial charge in [0.2, 0.25) is 15.8 Å². The zero-order valence-corrected chi connectivity index (χ0v) is 19.3. The van der Waals surface area contributed by atoms with Crippen LogP contribution in [0.1, 0.15) is 62.2 Å². The maximum atomic E-state index is 13.1. The van der Waals surface area contributed by atoms with Crippen LogP contribution >= 0.6 is 0 Å². The van der Waals surface area contributed by atoms with Crippen LogP contribution in [0.15, 0.2) is 35.2 Å².